The molecule has 2 heterocycles. The van der Waals surface area contributed by atoms with Crippen LogP contribution >= 0.6 is 11.3 Å². The van der Waals surface area contributed by atoms with Gasteiger partial charge in [-0.05, 0) is 37.3 Å². The minimum Gasteiger partial charge on any atom is -0.482 e. The number of carbonyl (C=O) groups is 2. The van der Waals surface area contributed by atoms with E-state index in [1.165, 1.54) is 17.8 Å². The quantitative estimate of drug-likeness (QED) is 0.566. The first-order valence-electron chi connectivity index (χ1n) is 10.4. The molecule has 2 aromatic rings. The Hall–Kier alpha value is -2.38. The van der Waals surface area contributed by atoms with E-state index < -0.39 is 0 Å². The number of benzene rings is 1. The molecule has 1 fully saturated rings. The number of likely N-dealkylation sites (tertiary alicyclic amines) is 1. The maximum absolute atomic E-state index is 13.1. The smallest absolute Gasteiger partial charge is 0.267 e. The fourth-order valence-corrected chi connectivity index (χ4v) is 4.57. The number of methoxy groups -OCH3 is 1. The first-order chi connectivity index (χ1) is 14.6. The maximum atomic E-state index is 13.1. The van der Waals surface area contributed by atoms with Gasteiger partial charge < -0.3 is 19.3 Å². The Kier molecular flexibility index (Phi) is 8.28. The summed E-state index contributed by atoms with van der Waals surface area (Å²) in [5.74, 6) is 0.362. The molecule has 0 N–H and O–H groups in total. The van der Waals surface area contributed by atoms with Gasteiger partial charge in [0.2, 0.25) is 0 Å². The predicted octanol–water partition coefficient (Wildman–Crippen LogP) is 3.91. The number of hydrogen-bond donors (Lipinski definition) is 0. The number of hydrogen-bond acceptors (Lipinski definition) is 5. The summed E-state index contributed by atoms with van der Waals surface area (Å²) < 4.78 is 11.0. The molecule has 1 saturated heterocycles. The van der Waals surface area contributed by atoms with Crippen LogP contribution in [0.25, 0.3) is 10.4 Å². The monoisotopic (exact) mass is 430 g/mol. The van der Waals surface area contributed by atoms with E-state index in [0.29, 0.717) is 23.8 Å². The molecule has 7 heteroatoms. The number of ether oxygens (including phenoxy) is 2. The van der Waals surface area contributed by atoms with Gasteiger partial charge >= 0.3 is 0 Å². The molecule has 1 aromatic carbocycles. The molecule has 0 aliphatic carbocycles. The molecule has 162 valence electrons. The summed E-state index contributed by atoms with van der Waals surface area (Å²) in [6, 6.07) is 11.8. The Labute approximate surface area is 182 Å². The average molecular weight is 431 g/mol. The van der Waals surface area contributed by atoms with Crippen molar-refractivity contribution < 1.29 is 19.1 Å². The minimum absolute atomic E-state index is 0.0194. The van der Waals surface area contributed by atoms with Crippen LogP contribution in [-0.4, -0.2) is 68.6 Å². The molecule has 1 aromatic heterocycles. The zero-order chi connectivity index (χ0) is 21.3. The molecule has 1 aliphatic rings. The highest BCUT2D eigenvalue weighted by Gasteiger charge is 2.23. The largest absolute Gasteiger partial charge is 0.482 e. The van der Waals surface area contributed by atoms with Gasteiger partial charge in [0.1, 0.15) is 10.6 Å². The van der Waals surface area contributed by atoms with E-state index in [9.17, 15) is 9.59 Å². The van der Waals surface area contributed by atoms with Gasteiger partial charge in [-0.1, -0.05) is 30.3 Å². The lowest BCUT2D eigenvalue weighted by molar-refractivity contribution is -0.134. The van der Waals surface area contributed by atoms with E-state index in [-0.39, 0.29) is 18.4 Å². The van der Waals surface area contributed by atoms with Gasteiger partial charge in [0, 0.05) is 45.3 Å². The number of nitrogens with zero attached hydrogens (tertiary/aromatic N) is 2. The predicted molar refractivity (Wildman–Crippen MR) is 119 cm³/mol. The summed E-state index contributed by atoms with van der Waals surface area (Å²) in [6.45, 7) is 2.73. The highest BCUT2D eigenvalue weighted by Crippen LogP contribution is 2.37. The van der Waals surface area contributed by atoms with Crippen molar-refractivity contribution in [3.63, 3.8) is 0 Å². The number of piperidine rings is 1. The van der Waals surface area contributed by atoms with E-state index in [1.807, 2.05) is 41.3 Å². The third kappa shape index (κ3) is 5.83. The molecule has 30 heavy (non-hydrogen) atoms. The van der Waals surface area contributed by atoms with Gasteiger partial charge in [0.15, 0.2) is 6.61 Å². The topological polar surface area (TPSA) is 59.1 Å². The molecule has 6 nitrogen and oxygen atoms in total. The molecule has 1 aliphatic heterocycles. The third-order valence-corrected chi connectivity index (χ3v) is 6.35. The van der Waals surface area contributed by atoms with Crippen LogP contribution in [0.4, 0.5) is 0 Å². The van der Waals surface area contributed by atoms with Crippen molar-refractivity contribution in [3.8, 4) is 16.2 Å². The van der Waals surface area contributed by atoms with Crippen molar-refractivity contribution in [2.24, 2.45) is 0 Å². The first-order valence-corrected chi connectivity index (χ1v) is 11.3. The van der Waals surface area contributed by atoms with Crippen LogP contribution in [0.5, 0.6) is 5.75 Å². The second-order valence-electron chi connectivity index (χ2n) is 7.47. The van der Waals surface area contributed by atoms with Crippen molar-refractivity contribution in [1.82, 2.24) is 9.80 Å². The Balaban J connectivity index is 1.76. The lowest BCUT2D eigenvalue weighted by Crippen LogP contribution is -2.38. The normalized spacial score (nSPS) is 13.9. The minimum atomic E-state index is -0.0984. The second kappa shape index (κ2) is 11.1. The van der Waals surface area contributed by atoms with Crippen LogP contribution in [0.2, 0.25) is 0 Å². The first kappa shape index (κ1) is 22.3. The summed E-state index contributed by atoms with van der Waals surface area (Å²) in [5.41, 5.74) is 1.02. The molecule has 3 rings (SSSR count). The molecule has 0 saturated carbocycles. The van der Waals surface area contributed by atoms with Crippen LogP contribution in [0.3, 0.4) is 0 Å². The highest BCUT2D eigenvalue weighted by atomic mass is 32.1. The van der Waals surface area contributed by atoms with Crippen molar-refractivity contribution >= 4 is 23.2 Å². The van der Waals surface area contributed by atoms with Crippen LogP contribution in [-0.2, 0) is 9.53 Å². The van der Waals surface area contributed by atoms with Crippen molar-refractivity contribution in [2.45, 2.75) is 25.7 Å². The average Bonchev–Trinajstić information content (AvgIpc) is 3.22. The summed E-state index contributed by atoms with van der Waals surface area (Å²) in [4.78, 5) is 30.6. The van der Waals surface area contributed by atoms with Gasteiger partial charge in [-0.3, -0.25) is 9.59 Å². The van der Waals surface area contributed by atoms with Crippen molar-refractivity contribution in [3.05, 3.63) is 41.3 Å². The molecule has 0 atom stereocenters. The van der Waals surface area contributed by atoms with Crippen LogP contribution < -0.4 is 4.74 Å². The number of amides is 2. The lowest BCUT2D eigenvalue weighted by Gasteiger charge is -2.26. The SMILES string of the molecule is COCCCN(C)C(=O)c1sc(-c2ccccc2)cc1OCC(=O)N1CCCCC1. The number of thiophene rings is 1. The fraction of sp³-hybridized carbons (Fsp3) is 0.478. The summed E-state index contributed by atoms with van der Waals surface area (Å²) in [5, 5.41) is 0. The molecular formula is C23H30N2O4S. The van der Waals surface area contributed by atoms with Gasteiger partial charge in [-0.15, -0.1) is 11.3 Å². The van der Waals surface area contributed by atoms with Crippen LogP contribution in [0.1, 0.15) is 35.4 Å². The standard InChI is InChI=1S/C23H30N2O4S/c1-24(12-9-15-28-2)23(27)22-19(16-20(30-22)18-10-5-3-6-11-18)29-17-21(26)25-13-7-4-8-14-25/h3,5-6,10-11,16H,4,7-9,12-15,17H2,1-2H3. The zero-order valence-electron chi connectivity index (χ0n) is 17.8. The molecule has 0 spiro atoms. The van der Waals surface area contributed by atoms with Crippen molar-refractivity contribution in [1.29, 1.82) is 0 Å². The third-order valence-electron chi connectivity index (χ3n) is 5.20. The molecular weight excluding hydrogens is 400 g/mol. The molecule has 0 bridgehead atoms. The van der Waals surface area contributed by atoms with Crippen LogP contribution in [0.15, 0.2) is 36.4 Å². The Morgan fingerprint density at radius 1 is 1.13 bits per heavy atom. The van der Waals surface area contributed by atoms with E-state index in [2.05, 4.69) is 0 Å². The van der Waals surface area contributed by atoms with Gasteiger partial charge in [-0.2, -0.15) is 0 Å². The Bertz CT molecular complexity index is 831. The zero-order valence-corrected chi connectivity index (χ0v) is 18.6. The Morgan fingerprint density at radius 2 is 1.87 bits per heavy atom. The molecule has 2 amide bonds. The summed E-state index contributed by atoms with van der Waals surface area (Å²) in [6.07, 6.45) is 4.01. The van der Waals surface area contributed by atoms with Gasteiger partial charge in [-0.25, -0.2) is 0 Å². The van der Waals surface area contributed by atoms with E-state index in [0.717, 1.165) is 42.8 Å². The van der Waals surface area contributed by atoms with E-state index >= 15 is 0 Å². The van der Waals surface area contributed by atoms with Crippen molar-refractivity contribution in [2.75, 3.05) is 47.0 Å². The van der Waals surface area contributed by atoms with Gasteiger partial charge in [0.05, 0.1) is 0 Å². The molecule has 0 unspecified atom stereocenters. The molecule has 0 radical (unpaired) electrons. The summed E-state index contributed by atoms with van der Waals surface area (Å²) in [7, 11) is 3.43. The lowest BCUT2D eigenvalue weighted by atomic mass is 10.1. The number of carbonyl (C=O) groups excluding carboxylic acids is 2. The van der Waals surface area contributed by atoms with E-state index in [1.54, 1.807) is 19.1 Å². The summed E-state index contributed by atoms with van der Waals surface area (Å²) >= 11 is 1.40. The van der Waals surface area contributed by atoms with Gasteiger partial charge in [0.25, 0.3) is 11.8 Å². The van der Waals surface area contributed by atoms with E-state index in [4.69, 9.17) is 9.47 Å². The number of rotatable bonds is 9. The van der Waals surface area contributed by atoms with Crippen LogP contribution in [0, 0.1) is 0 Å². The second-order valence-corrected chi connectivity index (χ2v) is 8.53. The Morgan fingerprint density at radius 3 is 2.57 bits per heavy atom. The fourth-order valence-electron chi connectivity index (χ4n) is 3.47. The highest BCUT2D eigenvalue weighted by molar-refractivity contribution is 7.17. The maximum Gasteiger partial charge on any atom is 0.267 e.